The number of allylic oxidation sites excluding steroid dienone is 1. The van der Waals surface area contributed by atoms with Crippen molar-refractivity contribution in [3.8, 4) is 5.88 Å². The fourth-order valence-corrected chi connectivity index (χ4v) is 3.12. The molecule has 6 nitrogen and oxygen atoms in total. The number of aryl methyl sites for hydroxylation is 1. The van der Waals surface area contributed by atoms with Crippen molar-refractivity contribution in [1.82, 2.24) is 10.1 Å². The van der Waals surface area contributed by atoms with Gasteiger partial charge in [0.25, 0.3) is 0 Å². The lowest BCUT2D eigenvalue weighted by molar-refractivity contribution is 0.400. The van der Waals surface area contributed by atoms with Crippen LogP contribution in [0.5, 0.6) is 5.88 Å². The van der Waals surface area contributed by atoms with Gasteiger partial charge >= 0.3 is 0 Å². The highest BCUT2D eigenvalue weighted by Gasteiger charge is 2.15. The Morgan fingerprint density at radius 3 is 3.00 bits per heavy atom. The van der Waals surface area contributed by atoms with Crippen molar-refractivity contribution in [1.29, 1.82) is 0 Å². The van der Waals surface area contributed by atoms with Crippen LogP contribution in [0.4, 0.5) is 16.6 Å². The van der Waals surface area contributed by atoms with Crippen molar-refractivity contribution >= 4 is 45.8 Å². The Morgan fingerprint density at radius 1 is 1.30 bits per heavy atom. The summed E-state index contributed by atoms with van der Waals surface area (Å²) in [7, 11) is 0. The zero-order valence-corrected chi connectivity index (χ0v) is 13.0. The molecule has 4 rings (SSSR count). The molecular weight excluding hydrogens is 312 g/mol. The summed E-state index contributed by atoms with van der Waals surface area (Å²) >= 11 is 1.33. The van der Waals surface area contributed by atoms with Crippen LogP contribution in [0.15, 0.2) is 39.8 Å². The predicted octanol–water partition coefficient (Wildman–Crippen LogP) is 4.15. The van der Waals surface area contributed by atoms with Crippen molar-refractivity contribution in [2.75, 3.05) is 5.32 Å². The Balaban J connectivity index is 1.63. The second kappa shape index (κ2) is 5.36. The van der Waals surface area contributed by atoms with Crippen LogP contribution in [0.25, 0.3) is 11.6 Å². The van der Waals surface area contributed by atoms with Crippen LogP contribution >= 0.6 is 11.3 Å². The molecule has 2 aromatic heterocycles. The van der Waals surface area contributed by atoms with E-state index in [1.54, 1.807) is 12.3 Å². The third-order valence-corrected chi connectivity index (χ3v) is 4.25. The summed E-state index contributed by atoms with van der Waals surface area (Å²) in [5.74, 6) is 1.24. The molecule has 0 fully saturated rings. The van der Waals surface area contributed by atoms with Gasteiger partial charge in [-0.05, 0) is 19.1 Å². The molecule has 3 heterocycles. The first kappa shape index (κ1) is 13.7. The van der Waals surface area contributed by atoms with Gasteiger partial charge < -0.3 is 14.9 Å². The molecule has 0 spiro atoms. The lowest BCUT2D eigenvalue weighted by atomic mass is 10.1. The molecule has 3 aromatic rings. The third-order valence-electron chi connectivity index (χ3n) is 3.34. The van der Waals surface area contributed by atoms with Crippen molar-refractivity contribution in [2.45, 2.75) is 6.92 Å². The summed E-state index contributed by atoms with van der Waals surface area (Å²) in [6.07, 6.45) is 3.67. The van der Waals surface area contributed by atoms with Crippen molar-refractivity contribution in [2.24, 2.45) is 4.99 Å². The Hall–Kier alpha value is -2.93. The Kier molecular flexibility index (Phi) is 3.20. The molecule has 0 atom stereocenters. The first-order valence-corrected chi connectivity index (χ1v) is 7.76. The first-order chi connectivity index (χ1) is 11.2. The normalized spacial score (nSPS) is 14.4. The molecule has 114 valence electrons. The lowest BCUT2D eigenvalue weighted by Gasteiger charge is -1.97. The van der Waals surface area contributed by atoms with Crippen molar-refractivity contribution < 1.29 is 9.63 Å². The molecular formula is C16H12N4O2S. The highest BCUT2D eigenvalue weighted by molar-refractivity contribution is 7.16. The maximum absolute atomic E-state index is 10.0. The van der Waals surface area contributed by atoms with Crippen LogP contribution in [0.2, 0.25) is 0 Å². The third kappa shape index (κ3) is 2.62. The van der Waals surface area contributed by atoms with Crippen LogP contribution in [-0.2, 0) is 0 Å². The molecule has 1 aromatic carbocycles. The molecule has 0 unspecified atom stereocenters. The standard InChI is InChI=1S/C16H12N4O2S/c1-9-6-14(20-22-9)18-16-19-15(21)13(23-16)7-10-8-17-12-5-3-2-4-11(10)12/h2-8,21H,1H3,(H,18,19,20)/b10-7+. The molecule has 0 saturated heterocycles. The highest BCUT2D eigenvalue weighted by Crippen LogP contribution is 2.36. The molecule has 2 N–H and O–H groups in total. The zero-order chi connectivity index (χ0) is 15.8. The van der Waals surface area contributed by atoms with Crippen LogP contribution in [0.1, 0.15) is 16.2 Å². The van der Waals surface area contributed by atoms with Gasteiger partial charge in [-0.2, -0.15) is 4.98 Å². The minimum Gasteiger partial charge on any atom is -0.492 e. The Bertz CT molecular complexity index is 939. The number of hydrogen-bond acceptors (Lipinski definition) is 7. The lowest BCUT2D eigenvalue weighted by Crippen LogP contribution is -1.87. The summed E-state index contributed by atoms with van der Waals surface area (Å²) < 4.78 is 4.99. The van der Waals surface area contributed by atoms with Gasteiger partial charge in [0.15, 0.2) is 10.9 Å². The zero-order valence-electron chi connectivity index (χ0n) is 12.1. The summed E-state index contributed by atoms with van der Waals surface area (Å²) in [4.78, 5) is 9.12. The molecule has 0 saturated carbocycles. The molecule has 1 aliphatic heterocycles. The largest absolute Gasteiger partial charge is 0.492 e. The van der Waals surface area contributed by atoms with E-state index in [1.165, 1.54) is 11.3 Å². The summed E-state index contributed by atoms with van der Waals surface area (Å²) in [6.45, 7) is 1.81. The number of aliphatic imine (C=N–C) groups is 1. The van der Waals surface area contributed by atoms with Gasteiger partial charge in [0.1, 0.15) is 5.76 Å². The first-order valence-electron chi connectivity index (χ1n) is 6.94. The quantitative estimate of drug-likeness (QED) is 0.756. The van der Waals surface area contributed by atoms with Gasteiger partial charge in [-0.15, -0.1) is 0 Å². The average Bonchev–Trinajstić information content (AvgIpc) is 3.21. The number of nitrogens with zero attached hydrogens (tertiary/aromatic N) is 3. The number of nitrogens with one attached hydrogen (secondary N) is 1. The van der Waals surface area contributed by atoms with E-state index in [0.29, 0.717) is 21.6 Å². The molecule has 7 heteroatoms. The van der Waals surface area contributed by atoms with Crippen molar-refractivity contribution in [3.63, 3.8) is 0 Å². The van der Waals surface area contributed by atoms with Crippen LogP contribution in [0.3, 0.4) is 0 Å². The fourth-order valence-electron chi connectivity index (χ4n) is 2.30. The van der Waals surface area contributed by atoms with E-state index in [-0.39, 0.29) is 5.88 Å². The molecule has 0 radical (unpaired) electrons. The maximum atomic E-state index is 10.0. The van der Waals surface area contributed by atoms with Crippen molar-refractivity contribution in [3.05, 3.63) is 46.5 Å². The average molecular weight is 324 g/mol. The van der Waals surface area contributed by atoms with Gasteiger partial charge in [0.05, 0.1) is 10.6 Å². The monoisotopic (exact) mass is 324 g/mol. The SMILES string of the molecule is Cc1cc(Nc2nc(O)c(/C=C3\C=Nc4ccccc43)s2)no1. The van der Waals surface area contributed by atoms with E-state index < -0.39 is 0 Å². The minimum atomic E-state index is -0.0250. The van der Waals surface area contributed by atoms with Gasteiger partial charge in [0.2, 0.25) is 5.88 Å². The number of benzene rings is 1. The topological polar surface area (TPSA) is 83.5 Å². The number of fused-ring (bicyclic) bond motifs is 1. The smallest absolute Gasteiger partial charge is 0.231 e. The molecule has 23 heavy (non-hydrogen) atoms. The number of thiazole rings is 1. The fraction of sp³-hybridized carbons (Fsp3) is 0.0625. The van der Waals surface area contributed by atoms with Gasteiger partial charge in [-0.3, -0.25) is 4.99 Å². The molecule has 0 bridgehead atoms. The van der Waals surface area contributed by atoms with E-state index in [9.17, 15) is 5.11 Å². The molecule has 0 aliphatic carbocycles. The van der Waals surface area contributed by atoms with E-state index >= 15 is 0 Å². The van der Waals surface area contributed by atoms with Crippen LogP contribution in [-0.4, -0.2) is 21.5 Å². The van der Waals surface area contributed by atoms with Gasteiger partial charge in [0, 0.05) is 23.4 Å². The predicted molar refractivity (Wildman–Crippen MR) is 90.8 cm³/mol. The van der Waals surface area contributed by atoms with E-state index in [0.717, 1.165) is 16.8 Å². The Morgan fingerprint density at radius 2 is 2.17 bits per heavy atom. The highest BCUT2D eigenvalue weighted by atomic mass is 32.1. The summed E-state index contributed by atoms with van der Waals surface area (Å²) in [5.41, 5.74) is 2.92. The van der Waals surface area contributed by atoms with E-state index in [1.807, 2.05) is 37.3 Å². The minimum absolute atomic E-state index is 0.0250. The second-order valence-electron chi connectivity index (χ2n) is 5.03. The van der Waals surface area contributed by atoms with Gasteiger partial charge in [-0.25, -0.2) is 0 Å². The number of aromatic nitrogens is 2. The van der Waals surface area contributed by atoms with E-state index in [2.05, 4.69) is 20.4 Å². The number of rotatable bonds is 3. The Labute approximate surface area is 135 Å². The number of anilines is 2. The summed E-state index contributed by atoms with van der Waals surface area (Å²) in [5, 5.41) is 17.5. The van der Waals surface area contributed by atoms with Gasteiger partial charge in [-0.1, -0.05) is 34.7 Å². The maximum Gasteiger partial charge on any atom is 0.231 e. The summed E-state index contributed by atoms with van der Waals surface area (Å²) in [6, 6.07) is 9.64. The van der Waals surface area contributed by atoms with Crippen LogP contribution in [0, 0.1) is 6.92 Å². The number of hydrogen-bond donors (Lipinski definition) is 2. The van der Waals surface area contributed by atoms with E-state index in [4.69, 9.17) is 4.52 Å². The number of para-hydroxylation sites is 1. The molecule has 0 amide bonds. The van der Waals surface area contributed by atoms with Crippen LogP contribution < -0.4 is 5.32 Å². The number of aromatic hydroxyl groups is 1. The second-order valence-corrected chi connectivity index (χ2v) is 6.06. The molecule has 1 aliphatic rings.